The number of amides is 3. The largest absolute Gasteiger partial charge is 0.346 e. The number of aromatic nitrogens is 2. The lowest BCUT2D eigenvalue weighted by Gasteiger charge is -2.31. The number of pyridine rings is 2. The van der Waals surface area contributed by atoms with E-state index in [1.807, 2.05) is 18.2 Å². The van der Waals surface area contributed by atoms with Gasteiger partial charge in [0.15, 0.2) is 0 Å². The Morgan fingerprint density at radius 3 is 2.84 bits per heavy atom. The topological polar surface area (TPSA) is 78.4 Å². The minimum atomic E-state index is -0.164. The zero-order valence-electron chi connectivity index (χ0n) is 14.4. The number of nitrogens with one attached hydrogen (secondary N) is 1. The summed E-state index contributed by atoms with van der Waals surface area (Å²) in [5.41, 5.74) is 3.27. The number of nitrogens with zero attached hydrogens (tertiary/aromatic N) is 4. The number of urea groups is 1. The van der Waals surface area contributed by atoms with Crippen molar-refractivity contribution in [1.82, 2.24) is 25.1 Å². The van der Waals surface area contributed by atoms with Crippen LogP contribution in [0.1, 0.15) is 27.2 Å². The van der Waals surface area contributed by atoms with E-state index in [1.54, 1.807) is 42.5 Å². The minimum Gasteiger partial charge on any atom is -0.346 e. The molecule has 0 radical (unpaired) electrons. The maximum atomic E-state index is 12.5. The molecule has 0 unspecified atom stereocenters. The van der Waals surface area contributed by atoms with Gasteiger partial charge in [0.1, 0.15) is 0 Å². The third-order valence-corrected chi connectivity index (χ3v) is 4.19. The molecule has 1 aliphatic heterocycles. The molecule has 0 atom stereocenters. The Labute approximate surface area is 146 Å². The number of carbonyl (C=O) groups is 2. The summed E-state index contributed by atoms with van der Waals surface area (Å²) in [5.74, 6) is -0.164. The van der Waals surface area contributed by atoms with Crippen LogP contribution in [0.3, 0.4) is 0 Å². The predicted molar refractivity (Wildman–Crippen MR) is 92.8 cm³/mol. The molecular formula is C18H21N5O2. The number of rotatable bonds is 3. The highest BCUT2D eigenvalue weighted by Crippen LogP contribution is 2.22. The van der Waals surface area contributed by atoms with Crippen molar-refractivity contribution in [1.29, 1.82) is 0 Å². The van der Waals surface area contributed by atoms with Gasteiger partial charge in [-0.3, -0.25) is 14.8 Å². The van der Waals surface area contributed by atoms with Gasteiger partial charge >= 0.3 is 6.03 Å². The van der Waals surface area contributed by atoms with Crippen LogP contribution >= 0.6 is 0 Å². The van der Waals surface area contributed by atoms with Crippen LogP contribution in [0.2, 0.25) is 0 Å². The van der Waals surface area contributed by atoms with Crippen molar-refractivity contribution in [2.75, 3.05) is 20.6 Å². The molecule has 7 heteroatoms. The summed E-state index contributed by atoms with van der Waals surface area (Å²) in [6, 6.07) is 5.56. The third-order valence-electron chi connectivity index (χ3n) is 4.19. The van der Waals surface area contributed by atoms with E-state index >= 15 is 0 Å². The molecule has 0 saturated carbocycles. The monoisotopic (exact) mass is 339 g/mol. The molecule has 130 valence electrons. The van der Waals surface area contributed by atoms with Crippen molar-refractivity contribution in [3.05, 3.63) is 59.2 Å². The van der Waals surface area contributed by atoms with Gasteiger partial charge in [-0.05, 0) is 29.7 Å². The zero-order valence-corrected chi connectivity index (χ0v) is 14.4. The maximum Gasteiger partial charge on any atom is 0.319 e. The number of fused-ring (bicyclic) bond motifs is 1. The van der Waals surface area contributed by atoms with Gasteiger partial charge < -0.3 is 15.1 Å². The fourth-order valence-corrected chi connectivity index (χ4v) is 2.90. The summed E-state index contributed by atoms with van der Waals surface area (Å²) in [7, 11) is 3.47. The number of hydrogen-bond acceptors (Lipinski definition) is 4. The third kappa shape index (κ3) is 3.76. The average molecular weight is 339 g/mol. The van der Waals surface area contributed by atoms with Crippen LogP contribution in [-0.4, -0.2) is 52.3 Å². The predicted octanol–water partition coefficient (Wildman–Crippen LogP) is 1.45. The molecule has 3 rings (SSSR count). The SMILES string of the molecule is CN(C)C(=O)N1CCc2c(cncc2C(=O)NCc2ccccn2)C1. The summed E-state index contributed by atoms with van der Waals surface area (Å²) >= 11 is 0. The van der Waals surface area contributed by atoms with E-state index in [1.165, 1.54) is 0 Å². The summed E-state index contributed by atoms with van der Waals surface area (Å²) in [6.07, 6.45) is 5.67. The van der Waals surface area contributed by atoms with Crippen LogP contribution in [0.5, 0.6) is 0 Å². The lowest BCUT2D eigenvalue weighted by atomic mass is 9.97. The summed E-state index contributed by atoms with van der Waals surface area (Å²) in [4.78, 5) is 36.4. The second-order valence-electron chi connectivity index (χ2n) is 6.18. The fourth-order valence-electron chi connectivity index (χ4n) is 2.90. The summed E-state index contributed by atoms with van der Waals surface area (Å²) in [6.45, 7) is 1.43. The van der Waals surface area contributed by atoms with E-state index in [2.05, 4.69) is 15.3 Å². The second kappa shape index (κ2) is 7.29. The van der Waals surface area contributed by atoms with Crippen molar-refractivity contribution < 1.29 is 9.59 Å². The van der Waals surface area contributed by atoms with Gasteiger partial charge in [-0.25, -0.2) is 4.79 Å². The zero-order chi connectivity index (χ0) is 17.8. The molecule has 1 aliphatic rings. The molecular weight excluding hydrogens is 318 g/mol. The van der Waals surface area contributed by atoms with Crippen molar-refractivity contribution in [3.63, 3.8) is 0 Å². The Kier molecular flexibility index (Phi) is 4.92. The Morgan fingerprint density at radius 1 is 1.28 bits per heavy atom. The maximum absolute atomic E-state index is 12.5. The van der Waals surface area contributed by atoms with Crippen LogP contribution in [0, 0.1) is 0 Å². The van der Waals surface area contributed by atoms with E-state index in [4.69, 9.17) is 0 Å². The standard InChI is InChI=1S/C18H21N5O2/c1-22(2)18(25)23-8-6-15-13(12-23)9-19-11-16(15)17(24)21-10-14-5-3-4-7-20-14/h3-5,7,9,11H,6,8,10,12H2,1-2H3,(H,21,24). The second-order valence-corrected chi connectivity index (χ2v) is 6.18. The van der Waals surface area contributed by atoms with Gasteiger partial charge in [0.25, 0.3) is 5.91 Å². The first kappa shape index (κ1) is 16.9. The van der Waals surface area contributed by atoms with Crippen molar-refractivity contribution in [3.8, 4) is 0 Å². The van der Waals surface area contributed by atoms with Crippen molar-refractivity contribution in [2.24, 2.45) is 0 Å². The van der Waals surface area contributed by atoms with E-state index < -0.39 is 0 Å². The molecule has 0 bridgehead atoms. The van der Waals surface area contributed by atoms with Crippen LogP contribution < -0.4 is 5.32 Å². The molecule has 0 fully saturated rings. The average Bonchev–Trinajstić information content (AvgIpc) is 2.65. The summed E-state index contributed by atoms with van der Waals surface area (Å²) in [5, 5.41) is 2.89. The quantitative estimate of drug-likeness (QED) is 0.918. The van der Waals surface area contributed by atoms with Crippen LogP contribution in [0.25, 0.3) is 0 Å². The number of carbonyl (C=O) groups excluding carboxylic acids is 2. The van der Waals surface area contributed by atoms with Gasteiger partial charge in [0, 0.05) is 45.8 Å². The normalized spacial score (nSPS) is 13.1. The van der Waals surface area contributed by atoms with Crippen LogP contribution in [0.4, 0.5) is 4.79 Å². The first-order valence-corrected chi connectivity index (χ1v) is 8.16. The van der Waals surface area contributed by atoms with Gasteiger partial charge in [-0.2, -0.15) is 0 Å². The van der Waals surface area contributed by atoms with E-state index in [-0.39, 0.29) is 11.9 Å². The Bertz CT molecular complexity index is 776. The molecule has 3 heterocycles. The van der Waals surface area contributed by atoms with Gasteiger partial charge in [0.05, 0.1) is 17.8 Å². The Hall–Kier alpha value is -2.96. The molecule has 7 nitrogen and oxygen atoms in total. The fraction of sp³-hybridized carbons (Fsp3) is 0.333. The molecule has 0 aromatic carbocycles. The molecule has 2 aromatic heterocycles. The first-order chi connectivity index (χ1) is 12.1. The van der Waals surface area contributed by atoms with Crippen LogP contribution in [0.15, 0.2) is 36.8 Å². The highest BCUT2D eigenvalue weighted by Gasteiger charge is 2.25. The van der Waals surface area contributed by atoms with Gasteiger partial charge in [0.2, 0.25) is 0 Å². The van der Waals surface area contributed by atoms with E-state index in [9.17, 15) is 9.59 Å². The molecule has 0 aliphatic carbocycles. The molecule has 25 heavy (non-hydrogen) atoms. The molecule has 0 saturated heterocycles. The molecule has 2 aromatic rings. The summed E-state index contributed by atoms with van der Waals surface area (Å²) < 4.78 is 0. The minimum absolute atomic E-state index is 0.0318. The molecule has 1 N–H and O–H groups in total. The molecule has 3 amide bonds. The highest BCUT2D eigenvalue weighted by atomic mass is 16.2. The highest BCUT2D eigenvalue weighted by molar-refractivity contribution is 5.95. The van der Waals surface area contributed by atoms with Crippen molar-refractivity contribution in [2.45, 2.75) is 19.5 Å². The van der Waals surface area contributed by atoms with E-state index in [0.29, 0.717) is 31.6 Å². The first-order valence-electron chi connectivity index (χ1n) is 8.16. The lowest BCUT2D eigenvalue weighted by Crippen LogP contribution is -2.42. The van der Waals surface area contributed by atoms with E-state index in [0.717, 1.165) is 16.8 Å². The van der Waals surface area contributed by atoms with Crippen molar-refractivity contribution >= 4 is 11.9 Å². The van der Waals surface area contributed by atoms with Gasteiger partial charge in [-0.15, -0.1) is 0 Å². The Balaban J connectivity index is 1.73. The molecule has 0 spiro atoms. The number of hydrogen-bond donors (Lipinski definition) is 1. The lowest BCUT2D eigenvalue weighted by molar-refractivity contribution is 0.0948. The Morgan fingerprint density at radius 2 is 2.12 bits per heavy atom. The smallest absolute Gasteiger partial charge is 0.319 e. The van der Waals surface area contributed by atoms with Crippen LogP contribution in [-0.2, 0) is 19.5 Å². The van der Waals surface area contributed by atoms with Gasteiger partial charge in [-0.1, -0.05) is 6.07 Å².